The third-order valence-corrected chi connectivity index (χ3v) is 3.60. The number of halogens is 2. The fourth-order valence-corrected chi connectivity index (χ4v) is 2.14. The molecule has 0 radical (unpaired) electrons. The van der Waals surface area contributed by atoms with Gasteiger partial charge in [-0.1, -0.05) is 13.8 Å². The third-order valence-electron chi connectivity index (χ3n) is 3.60. The molecule has 5 nitrogen and oxygen atoms in total. The van der Waals surface area contributed by atoms with Crippen molar-refractivity contribution in [1.82, 2.24) is 10.6 Å². The lowest BCUT2D eigenvalue weighted by molar-refractivity contribution is -0.123. The van der Waals surface area contributed by atoms with Crippen molar-refractivity contribution in [2.24, 2.45) is 11.7 Å². The van der Waals surface area contributed by atoms with Crippen molar-refractivity contribution in [1.29, 1.82) is 0 Å². The van der Waals surface area contributed by atoms with E-state index in [9.17, 15) is 18.7 Å². The number of carbonyl (C=O) groups is 1. The van der Waals surface area contributed by atoms with E-state index in [1.165, 1.54) is 12.1 Å². The highest BCUT2D eigenvalue weighted by molar-refractivity contribution is 5.81. The molecule has 0 spiro atoms. The highest BCUT2D eigenvalue weighted by atomic mass is 19.1. The third kappa shape index (κ3) is 7.33. The molecule has 1 amide bonds. The quantitative estimate of drug-likeness (QED) is 0.538. The molecular weight excluding hydrogens is 316 g/mol. The Morgan fingerprint density at radius 1 is 1.17 bits per heavy atom. The monoisotopic (exact) mass is 343 g/mol. The van der Waals surface area contributed by atoms with Gasteiger partial charge in [0, 0.05) is 25.2 Å². The Morgan fingerprint density at radius 2 is 1.75 bits per heavy atom. The molecule has 0 aromatic heterocycles. The van der Waals surface area contributed by atoms with Crippen LogP contribution in [0.4, 0.5) is 8.78 Å². The van der Waals surface area contributed by atoms with E-state index in [1.54, 1.807) is 6.92 Å². The van der Waals surface area contributed by atoms with E-state index in [4.69, 9.17) is 5.73 Å². The van der Waals surface area contributed by atoms with Gasteiger partial charge in [0.15, 0.2) is 0 Å². The highest BCUT2D eigenvalue weighted by Crippen LogP contribution is 2.10. The maximum atomic E-state index is 13.2. The van der Waals surface area contributed by atoms with Crippen molar-refractivity contribution in [3.63, 3.8) is 0 Å². The van der Waals surface area contributed by atoms with Crippen molar-refractivity contribution in [3.05, 3.63) is 35.4 Å². The number of nitrogens with two attached hydrogens (primary N) is 1. The first-order valence-corrected chi connectivity index (χ1v) is 8.08. The van der Waals surface area contributed by atoms with E-state index in [1.807, 2.05) is 13.8 Å². The van der Waals surface area contributed by atoms with E-state index in [0.717, 1.165) is 6.07 Å². The van der Waals surface area contributed by atoms with Crippen LogP contribution in [0.3, 0.4) is 0 Å². The summed E-state index contributed by atoms with van der Waals surface area (Å²) in [7, 11) is 0. The molecule has 1 aromatic rings. The van der Waals surface area contributed by atoms with Crippen LogP contribution in [0, 0.1) is 17.6 Å². The summed E-state index contributed by atoms with van der Waals surface area (Å²) in [5.41, 5.74) is 6.25. The number of carbonyl (C=O) groups excluding carboxylic acids is 1. The lowest BCUT2D eigenvalue weighted by Gasteiger charge is -2.22. The van der Waals surface area contributed by atoms with E-state index < -0.39 is 29.8 Å². The van der Waals surface area contributed by atoms with Crippen molar-refractivity contribution >= 4 is 5.91 Å². The molecule has 0 bridgehead atoms. The van der Waals surface area contributed by atoms with E-state index in [-0.39, 0.29) is 18.9 Å². The summed E-state index contributed by atoms with van der Waals surface area (Å²) in [5.74, 6) is -1.16. The normalized spacial score (nSPS) is 15.2. The molecule has 0 heterocycles. The fourth-order valence-electron chi connectivity index (χ4n) is 2.14. The molecule has 3 atom stereocenters. The number of amides is 1. The summed E-state index contributed by atoms with van der Waals surface area (Å²) in [5, 5.41) is 15.8. The molecule has 5 N–H and O–H groups in total. The van der Waals surface area contributed by atoms with Crippen LogP contribution in [0.15, 0.2) is 18.2 Å². The summed E-state index contributed by atoms with van der Waals surface area (Å²) >= 11 is 0. The largest absolute Gasteiger partial charge is 0.390 e. The minimum absolute atomic E-state index is 0.106. The number of nitrogens with one attached hydrogen (secondary N) is 2. The number of rotatable bonds is 9. The number of hydrogen-bond donors (Lipinski definition) is 4. The number of aliphatic hydroxyl groups is 1. The van der Waals surface area contributed by atoms with Gasteiger partial charge in [0.25, 0.3) is 0 Å². The molecule has 0 aliphatic carbocycles. The van der Waals surface area contributed by atoms with Gasteiger partial charge in [-0.2, -0.15) is 0 Å². The van der Waals surface area contributed by atoms with Crippen LogP contribution in [-0.4, -0.2) is 42.3 Å². The second-order valence-electron chi connectivity index (χ2n) is 6.48. The lowest BCUT2D eigenvalue weighted by Crippen LogP contribution is -2.49. The van der Waals surface area contributed by atoms with E-state index >= 15 is 0 Å². The smallest absolute Gasteiger partial charge is 0.236 e. The SMILES string of the molecule is CC(C)CNC(=O)[C@H](C)NC[C@@H](O)C(N)Cc1cc(F)cc(F)c1. The van der Waals surface area contributed by atoms with E-state index in [0.29, 0.717) is 18.0 Å². The second kappa shape index (κ2) is 9.66. The predicted molar refractivity (Wildman–Crippen MR) is 89.4 cm³/mol. The maximum absolute atomic E-state index is 13.2. The first kappa shape index (κ1) is 20.5. The zero-order valence-corrected chi connectivity index (χ0v) is 14.4. The zero-order chi connectivity index (χ0) is 18.3. The first-order valence-electron chi connectivity index (χ1n) is 8.08. The Labute approximate surface area is 141 Å². The van der Waals surface area contributed by atoms with Crippen LogP contribution in [0.2, 0.25) is 0 Å². The van der Waals surface area contributed by atoms with Crippen molar-refractivity contribution < 1.29 is 18.7 Å². The van der Waals surface area contributed by atoms with Gasteiger partial charge in [0.05, 0.1) is 12.1 Å². The first-order chi connectivity index (χ1) is 11.2. The Morgan fingerprint density at radius 3 is 2.29 bits per heavy atom. The molecule has 0 saturated heterocycles. The Balaban J connectivity index is 2.43. The summed E-state index contributed by atoms with van der Waals surface area (Å²) in [6.07, 6.45) is -0.817. The fraction of sp³-hybridized carbons (Fsp3) is 0.588. The van der Waals surface area contributed by atoms with Crippen molar-refractivity contribution in [3.8, 4) is 0 Å². The van der Waals surface area contributed by atoms with Gasteiger partial charge in [-0.25, -0.2) is 8.78 Å². The lowest BCUT2D eigenvalue weighted by atomic mass is 10.0. The zero-order valence-electron chi connectivity index (χ0n) is 14.4. The molecule has 1 rings (SSSR count). The standard InChI is InChI=1S/C17H27F2N3O2/c1-10(2)8-22-17(24)11(3)21-9-16(23)15(20)6-12-4-13(18)7-14(19)5-12/h4-5,7,10-11,15-16,21,23H,6,8-9,20H2,1-3H3,(H,22,24)/t11-,15?,16+/m0/s1. The van der Waals surface area contributed by atoms with Crippen molar-refractivity contribution in [2.75, 3.05) is 13.1 Å². The Kier molecular flexibility index (Phi) is 8.24. The molecule has 0 saturated carbocycles. The van der Waals surface area contributed by atoms with Crippen LogP contribution in [0.1, 0.15) is 26.3 Å². The maximum Gasteiger partial charge on any atom is 0.236 e. The second-order valence-corrected chi connectivity index (χ2v) is 6.48. The van der Waals surface area contributed by atoms with Crippen LogP contribution >= 0.6 is 0 Å². The molecule has 1 unspecified atom stereocenters. The van der Waals surface area contributed by atoms with Crippen molar-refractivity contribution in [2.45, 2.75) is 45.4 Å². The van der Waals surface area contributed by atoms with Crippen LogP contribution < -0.4 is 16.4 Å². The topological polar surface area (TPSA) is 87.4 Å². The molecule has 7 heteroatoms. The van der Waals surface area contributed by atoms with Gasteiger partial charge in [-0.15, -0.1) is 0 Å². The van der Waals surface area contributed by atoms with Gasteiger partial charge < -0.3 is 21.5 Å². The Bertz CT molecular complexity index is 520. The number of hydrogen-bond acceptors (Lipinski definition) is 4. The average molecular weight is 343 g/mol. The average Bonchev–Trinajstić information content (AvgIpc) is 2.48. The number of aliphatic hydroxyl groups excluding tert-OH is 1. The Hall–Kier alpha value is -1.57. The van der Waals surface area contributed by atoms with Crippen LogP contribution in [0.25, 0.3) is 0 Å². The molecule has 24 heavy (non-hydrogen) atoms. The number of benzene rings is 1. The summed E-state index contributed by atoms with van der Waals surface area (Å²) in [4.78, 5) is 11.8. The molecule has 0 fully saturated rings. The van der Waals surface area contributed by atoms with E-state index in [2.05, 4.69) is 10.6 Å². The molecule has 0 aliphatic heterocycles. The highest BCUT2D eigenvalue weighted by Gasteiger charge is 2.19. The summed E-state index contributed by atoms with van der Waals surface area (Å²) in [6, 6.07) is 1.97. The van der Waals surface area contributed by atoms with Gasteiger partial charge in [-0.05, 0) is 37.0 Å². The van der Waals surface area contributed by atoms with Gasteiger partial charge in [-0.3, -0.25) is 4.79 Å². The summed E-state index contributed by atoms with van der Waals surface area (Å²) in [6.45, 7) is 6.37. The molecule has 1 aromatic carbocycles. The van der Waals surface area contributed by atoms with Gasteiger partial charge in [0.1, 0.15) is 11.6 Å². The van der Waals surface area contributed by atoms with Gasteiger partial charge >= 0.3 is 0 Å². The van der Waals surface area contributed by atoms with Crippen LogP contribution in [-0.2, 0) is 11.2 Å². The molecular formula is C17H27F2N3O2. The summed E-state index contributed by atoms with van der Waals surface area (Å²) < 4.78 is 26.3. The molecule has 0 aliphatic rings. The predicted octanol–water partition coefficient (Wildman–Crippen LogP) is 0.946. The van der Waals surface area contributed by atoms with Gasteiger partial charge in [0.2, 0.25) is 5.91 Å². The minimum Gasteiger partial charge on any atom is -0.390 e. The minimum atomic E-state index is -0.948. The molecule has 136 valence electrons. The van der Waals surface area contributed by atoms with Crippen LogP contribution in [0.5, 0.6) is 0 Å².